The van der Waals surface area contributed by atoms with Crippen molar-refractivity contribution in [1.82, 2.24) is 29.4 Å². The SMILES string of the molecule is CN(C)c1nc(CN2CCC[C@@H](c3n[nH]c(C4CCCCC4)n3)C2)ns1. The summed E-state index contributed by atoms with van der Waals surface area (Å²) in [6.45, 7) is 2.92. The number of H-pyrrole nitrogens is 1. The maximum atomic E-state index is 4.90. The third kappa shape index (κ3) is 4.06. The van der Waals surface area contributed by atoms with Gasteiger partial charge in [0.1, 0.15) is 5.82 Å². The highest BCUT2D eigenvalue weighted by Crippen LogP contribution is 2.32. The molecule has 8 heteroatoms. The molecular weight excluding hydrogens is 346 g/mol. The van der Waals surface area contributed by atoms with E-state index in [0.717, 1.165) is 42.2 Å². The summed E-state index contributed by atoms with van der Waals surface area (Å²) < 4.78 is 4.50. The molecule has 2 aromatic rings. The lowest BCUT2D eigenvalue weighted by molar-refractivity contribution is 0.193. The van der Waals surface area contributed by atoms with E-state index in [4.69, 9.17) is 4.98 Å². The molecule has 1 atom stereocenters. The monoisotopic (exact) mass is 375 g/mol. The van der Waals surface area contributed by atoms with Gasteiger partial charge in [-0.15, -0.1) is 0 Å². The van der Waals surface area contributed by atoms with Crippen molar-refractivity contribution in [3.8, 4) is 0 Å². The number of piperidine rings is 1. The van der Waals surface area contributed by atoms with Crippen molar-refractivity contribution in [2.24, 2.45) is 0 Å². The summed E-state index contributed by atoms with van der Waals surface area (Å²) in [6.07, 6.45) is 8.90. The van der Waals surface area contributed by atoms with Crippen molar-refractivity contribution >= 4 is 16.7 Å². The largest absolute Gasteiger partial charge is 0.353 e. The second-order valence-corrected chi connectivity index (χ2v) is 8.61. The van der Waals surface area contributed by atoms with Gasteiger partial charge in [0, 0.05) is 44.0 Å². The van der Waals surface area contributed by atoms with E-state index in [9.17, 15) is 0 Å². The minimum Gasteiger partial charge on any atom is -0.353 e. The Morgan fingerprint density at radius 1 is 1.08 bits per heavy atom. The number of anilines is 1. The van der Waals surface area contributed by atoms with Crippen molar-refractivity contribution in [1.29, 1.82) is 0 Å². The van der Waals surface area contributed by atoms with Crippen LogP contribution >= 0.6 is 11.5 Å². The van der Waals surface area contributed by atoms with Gasteiger partial charge >= 0.3 is 0 Å². The van der Waals surface area contributed by atoms with Gasteiger partial charge in [-0.25, -0.2) is 9.97 Å². The van der Waals surface area contributed by atoms with Crippen LogP contribution in [0.25, 0.3) is 0 Å². The van der Waals surface area contributed by atoms with Crippen LogP contribution in [0.3, 0.4) is 0 Å². The molecule has 1 saturated heterocycles. The maximum absolute atomic E-state index is 4.90. The molecule has 1 saturated carbocycles. The van der Waals surface area contributed by atoms with Gasteiger partial charge in [-0.05, 0) is 32.2 Å². The Balaban J connectivity index is 1.37. The van der Waals surface area contributed by atoms with Gasteiger partial charge in [0.25, 0.3) is 0 Å². The Morgan fingerprint density at radius 2 is 1.88 bits per heavy atom. The molecule has 7 nitrogen and oxygen atoms in total. The van der Waals surface area contributed by atoms with E-state index in [2.05, 4.69) is 24.5 Å². The van der Waals surface area contributed by atoms with Crippen molar-refractivity contribution < 1.29 is 0 Å². The Labute approximate surface area is 159 Å². The first-order chi connectivity index (χ1) is 12.7. The molecule has 0 amide bonds. The number of nitrogens with one attached hydrogen (secondary N) is 1. The van der Waals surface area contributed by atoms with E-state index in [0.29, 0.717) is 11.8 Å². The first kappa shape index (κ1) is 17.9. The van der Waals surface area contributed by atoms with Crippen LogP contribution in [0.1, 0.15) is 74.3 Å². The van der Waals surface area contributed by atoms with Gasteiger partial charge in [-0.2, -0.15) is 9.47 Å². The summed E-state index contributed by atoms with van der Waals surface area (Å²) in [7, 11) is 4.02. The molecule has 2 fully saturated rings. The van der Waals surface area contributed by atoms with E-state index in [1.54, 1.807) is 0 Å². The van der Waals surface area contributed by atoms with Gasteiger partial charge in [-0.1, -0.05) is 19.3 Å². The van der Waals surface area contributed by atoms with Crippen LogP contribution in [-0.2, 0) is 6.54 Å². The lowest BCUT2D eigenvalue weighted by Crippen LogP contribution is -2.34. The first-order valence-electron chi connectivity index (χ1n) is 9.83. The van der Waals surface area contributed by atoms with E-state index < -0.39 is 0 Å². The van der Waals surface area contributed by atoms with Crippen molar-refractivity contribution in [3.63, 3.8) is 0 Å². The molecule has 0 bridgehead atoms. The van der Waals surface area contributed by atoms with Crippen LogP contribution < -0.4 is 4.90 Å². The zero-order chi connectivity index (χ0) is 17.9. The summed E-state index contributed by atoms with van der Waals surface area (Å²) in [5.41, 5.74) is 0. The second kappa shape index (κ2) is 8.00. The van der Waals surface area contributed by atoms with Gasteiger partial charge in [0.05, 0.1) is 6.54 Å². The molecular formula is C18H29N7S. The third-order valence-electron chi connectivity index (χ3n) is 5.59. The summed E-state index contributed by atoms with van der Waals surface area (Å²) in [6, 6.07) is 0. The van der Waals surface area contributed by atoms with E-state index in [-0.39, 0.29) is 0 Å². The van der Waals surface area contributed by atoms with E-state index >= 15 is 0 Å². The highest BCUT2D eigenvalue weighted by atomic mass is 32.1. The minimum absolute atomic E-state index is 0.421. The number of nitrogens with zero attached hydrogens (tertiary/aromatic N) is 6. The summed E-state index contributed by atoms with van der Waals surface area (Å²) in [4.78, 5) is 14.0. The van der Waals surface area contributed by atoms with Crippen LogP contribution in [0, 0.1) is 0 Å². The highest BCUT2D eigenvalue weighted by Gasteiger charge is 2.27. The summed E-state index contributed by atoms with van der Waals surface area (Å²) in [5.74, 6) is 4.07. The highest BCUT2D eigenvalue weighted by molar-refractivity contribution is 7.09. The van der Waals surface area contributed by atoms with Crippen LogP contribution in [0.15, 0.2) is 0 Å². The molecule has 1 aliphatic carbocycles. The number of hydrogen-bond donors (Lipinski definition) is 1. The number of aromatic amines is 1. The standard InChI is InChI=1S/C18H29N7S/c1-24(2)18-19-15(23-26-18)12-25-10-6-9-14(11-25)17-20-16(21-22-17)13-7-4-3-5-8-13/h13-14H,3-12H2,1-2H3,(H,20,21,22)/t14-/m1/s1. The van der Waals surface area contributed by atoms with Crippen LogP contribution in [0.2, 0.25) is 0 Å². The molecule has 2 aromatic heterocycles. The lowest BCUT2D eigenvalue weighted by atomic mass is 9.89. The zero-order valence-electron chi connectivity index (χ0n) is 15.8. The number of rotatable bonds is 5. The van der Waals surface area contributed by atoms with E-state index in [1.807, 2.05) is 19.0 Å². The van der Waals surface area contributed by atoms with Crippen LogP contribution in [0.5, 0.6) is 0 Å². The molecule has 1 N–H and O–H groups in total. The van der Waals surface area contributed by atoms with Gasteiger partial charge in [-0.3, -0.25) is 10.00 Å². The zero-order valence-corrected chi connectivity index (χ0v) is 16.6. The van der Waals surface area contributed by atoms with Gasteiger partial charge < -0.3 is 4.90 Å². The quantitative estimate of drug-likeness (QED) is 0.865. The average Bonchev–Trinajstić information content (AvgIpc) is 3.32. The normalized spacial score (nSPS) is 22.6. The minimum atomic E-state index is 0.421. The molecule has 4 rings (SSSR count). The fourth-order valence-electron chi connectivity index (χ4n) is 4.13. The average molecular weight is 376 g/mol. The summed E-state index contributed by atoms with van der Waals surface area (Å²) >= 11 is 1.47. The number of hydrogen-bond acceptors (Lipinski definition) is 7. The Kier molecular flexibility index (Phi) is 5.49. The molecule has 3 heterocycles. The number of likely N-dealkylation sites (tertiary alicyclic amines) is 1. The molecule has 0 radical (unpaired) electrons. The first-order valence-corrected chi connectivity index (χ1v) is 10.6. The topological polar surface area (TPSA) is 73.8 Å². The fourth-order valence-corrected chi connectivity index (χ4v) is 4.72. The van der Waals surface area contributed by atoms with Crippen LogP contribution in [0.4, 0.5) is 5.13 Å². The second-order valence-electron chi connectivity index (χ2n) is 7.88. The molecule has 26 heavy (non-hydrogen) atoms. The van der Waals surface area contributed by atoms with Crippen LogP contribution in [-0.4, -0.2) is 56.6 Å². The van der Waals surface area contributed by atoms with Crippen molar-refractivity contribution in [2.75, 3.05) is 32.1 Å². The smallest absolute Gasteiger partial charge is 0.204 e. The van der Waals surface area contributed by atoms with Gasteiger partial charge in [0.15, 0.2) is 11.6 Å². The number of aromatic nitrogens is 5. The molecule has 2 aliphatic rings. The van der Waals surface area contributed by atoms with E-state index in [1.165, 1.54) is 56.5 Å². The Bertz CT molecular complexity index is 704. The lowest BCUT2D eigenvalue weighted by Gasteiger charge is -2.30. The van der Waals surface area contributed by atoms with Crippen molar-refractivity contribution in [3.05, 3.63) is 17.5 Å². The Morgan fingerprint density at radius 3 is 2.65 bits per heavy atom. The third-order valence-corrected chi connectivity index (χ3v) is 6.51. The summed E-state index contributed by atoms with van der Waals surface area (Å²) in [5, 5.41) is 8.80. The molecule has 0 unspecified atom stereocenters. The fraction of sp³-hybridized carbons (Fsp3) is 0.778. The molecule has 0 spiro atoms. The predicted molar refractivity (Wildman–Crippen MR) is 104 cm³/mol. The maximum Gasteiger partial charge on any atom is 0.204 e. The predicted octanol–water partition coefficient (Wildman–Crippen LogP) is 3.15. The Hall–Kier alpha value is -1.54. The molecule has 142 valence electrons. The molecule has 1 aliphatic heterocycles. The van der Waals surface area contributed by atoms with Gasteiger partial charge in [0.2, 0.25) is 5.13 Å². The van der Waals surface area contributed by atoms with Crippen molar-refractivity contribution in [2.45, 2.75) is 63.3 Å². The molecule has 0 aromatic carbocycles.